The lowest BCUT2D eigenvalue weighted by Crippen LogP contribution is -2.48. The molecule has 4 atom stereocenters. The molecule has 1 aromatic carbocycles. The van der Waals surface area contributed by atoms with Gasteiger partial charge in [0.15, 0.2) is 0 Å². The molecule has 1 aromatic rings. The number of benzene rings is 1. The van der Waals surface area contributed by atoms with Crippen molar-refractivity contribution in [3.8, 4) is 5.75 Å². The van der Waals surface area contributed by atoms with E-state index in [4.69, 9.17) is 4.74 Å². The number of aliphatic hydroxyl groups excluding tert-OH is 1. The average molecular weight is 303 g/mol. The summed E-state index contributed by atoms with van der Waals surface area (Å²) in [7, 11) is 0. The Morgan fingerprint density at radius 2 is 1.86 bits per heavy atom. The number of rotatable bonds is 2. The summed E-state index contributed by atoms with van der Waals surface area (Å²) in [5.41, 5.74) is 2.49. The van der Waals surface area contributed by atoms with Crippen molar-refractivity contribution >= 4 is 0 Å². The van der Waals surface area contributed by atoms with Gasteiger partial charge >= 0.3 is 0 Å². The van der Waals surface area contributed by atoms with Gasteiger partial charge in [0.25, 0.3) is 0 Å². The van der Waals surface area contributed by atoms with Gasteiger partial charge in [-0.3, -0.25) is 4.90 Å². The second-order valence-corrected chi connectivity index (χ2v) is 7.68. The first kappa shape index (κ1) is 15.8. The van der Waals surface area contributed by atoms with E-state index in [2.05, 4.69) is 50.8 Å². The highest BCUT2D eigenvalue weighted by atomic mass is 16.5. The van der Waals surface area contributed by atoms with Gasteiger partial charge < -0.3 is 9.84 Å². The molecule has 0 amide bonds. The minimum absolute atomic E-state index is 0.0765. The van der Waals surface area contributed by atoms with E-state index in [9.17, 15) is 5.11 Å². The number of ether oxygens (including phenoxy) is 1. The van der Waals surface area contributed by atoms with Crippen LogP contribution in [0.4, 0.5) is 0 Å². The summed E-state index contributed by atoms with van der Waals surface area (Å²) in [5.74, 6) is 2.82. The van der Waals surface area contributed by atoms with Crippen LogP contribution in [0.15, 0.2) is 18.2 Å². The van der Waals surface area contributed by atoms with E-state index >= 15 is 0 Å². The highest BCUT2D eigenvalue weighted by molar-refractivity contribution is 5.42. The SMILES string of the molecule is CC1CC(C)CN(C2c3cc(C(C)C)ccc3OCC2O)C1. The molecule has 1 N–H and O–H groups in total. The van der Waals surface area contributed by atoms with E-state index in [1.807, 2.05) is 0 Å². The van der Waals surface area contributed by atoms with Crippen LogP contribution in [0.1, 0.15) is 57.2 Å². The second-order valence-electron chi connectivity index (χ2n) is 7.68. The Labute approximate surface area is 134 Å². The quantitative estimate of drug-likeness (QED) is 0.906. The number of fused-ring (bicyclic) bond motifs is 1. The van der Waals surface area contributed by atoms with Crippen LogP contribution in [-0.4, -0.2) is 35.8 Å². The van der Waals surface area contributed by atoms with Crippen LogP contribution in [0.5, 0.6) is 5.75 Å². The Kier molecular flexibility index (Phi) is 4.47. The molecule has 3 rings (SSSR count). The molecular formula is C19H29NO2. The molecule has 4 unspecified atom stereocenters. The molecule has 0 bridgehead atoms. The lowest BCUT2D eigenvalue weighted by atomic mass is 9.86. The third-order valence-corrected chi connectivity index (χ3v) is 5.08. The van der Waals surface area contributed by atoms with Crippen molar-refractivity contribution in [3.05, 3.63) is 29.3 Å². The fraction of sp³-hybridized carbons (Fsp3) is 0.684. The summed E-state index contributed by atoms with van der Waals surface area (Å²) in [5, 5.41) is 10.6. The average Bonchev–Trinajstić information content (AvgIpc) is 2.45. The van der Waals surface area contributed by atoms with Crippen molar-refractivity contribution in [1.29, 1.82) is 0 Å². The van der Waals surface area contributed by atoms with Crippen LogP contribution < -0.4 is 4.74 Å². The second kappa shape index (κ2) is 6.21. The summed E-state index contributed by atoms with van der Waals surface area (Å²) in [6.07, 6.45) is 0.849. The first-order valence-corrected chi connectivity index (χ1v) is 8.64. The summed E-state index contributed by atoms with van der Waals surface area (Å²) in [6.45, 7) is 11.6. The van der Waals surface area contributed by atoms with Crippen LogP contribution in [-0.2, 0) is 0 Å². The minimum Gasteiger partial charge on any atom is -0.490 e. The molecule has 122 valence electrons. The first-order valence-electron chi connectivity index (χ1n) is 8.64. The molecular weight excluding hydrogens is 274 g/mol. The van der Waals surface area contributed by atoms with Gasteiger partial charge in [-0.2, -0.15) is 0 Å². The predicted molar refractivity (Wildman–Crippen MR) is 89.3 cm³/mol. The first-order chi connectivity index (χ1) is 10.5. The highest BCUT2D eigenvalue weighted by Crippen LogP contribution is 2.40. The summed E-state index contributed by atoms with van der Waals surface area (Å²) in [4.78, 5) is 2.48. The summed E-state index contributed by atoms with van der Waals surface area (Å²) >= 11 is 0. The molecule has 0 radical (unpaired) electrons. The minimum atomic E-state index is -0.438. The molecule has 3 heteroatoms. The van der Waals surface area contributed by atoms with Crippen molar-refractivity contribution in [2.75, 3.05) is 19.7 Å². The number of piperidine rings is 1. The lowest BCUT2D eigenvalue weighted by molar-refractivity contribution is -0.0230. The van der Waals surface area contributed by atoms with Crippen LogP contribution in [0.3, 0.4) is 0 Å². The zero-order valence-corrected chi connectivity index (χ0v) is 14.2. The van der Waals surface area contributed by atoms with Gasteiger partial charge in [0.2, 0.25) is 0 Å². The van der Waals surface area contributed by atoms with Gasteiger partial charge in [0.05, 0.1) is 6.04 Å². The van der Waals surface area contributed by atoms with Gasteiger partial charge in [-0.05, 0) is 35.8 Å². The molecule has 22 heavy (non-hydrogen) atoms. The Balaban J connectivity index is 1.95. The number of nitrogens with zero attached hydrogens (tertiary/aromatic N) is 1. The Bertz CT molecular complexity index is 518. The zero-order chi connectivity index (χ0) is 15.9. The van der Waals surface area contributed by atoms with Crippen molar-refractivity contribution in [3.63, 3.8) is 0 Å². The number of hydrogen-bond acceptors (Lipinski definition) is 3. The van der Waals surface area contributed by atoms with Gasteiger partial charge in [-0.15, -0.1) is 0 Å². The molecule has 0 aromatic heterocycles. The molecule has 2 aliphatic rings. The Morgan fingerprint density at radius 1 is 1.18 bits per heavy atom. The Morgan fingerprint density at radius 3 is 2.50 bits per heavy atom. The van der Waals surface area contributed by atoms with Crippen LogP contribution in [0.25, 0.3) is 0 Å². The van der Waals surface area contributed by atoms with Crippen molar-refractivity contribution < 1.29 is 9.84 Å². The van der Waals surface area contributed by atoms with Gasteiger partial charge in [0, 0.05) is 18.7 Å². The van der Waals surface area contributed by atoms with E-state index < -0.39 is 6.10 Å². The normalized spacial score (nSPS) is 32.6. The van der Waals surface area contributed by atoms with E-state index in [0.29, 0.717) is 24.4 Å². The molecule has 1 fully saturated rings. The fourth-order valence-electron chi connectivity index (χ4n) is 4.14. The Hall–Kier alpha value is -1.06. The predicted octanol–water partition coefficient (Wildman–Crippen LogP) is 3.58. The molecule has 1 saturated heterocycles. The topological polar surface area (TPSA) is 32.7 Å². The van der Waals surface area contributed by atoms with Crippen LogP contribution >= 0.6 is 0 Å². The molecule has 0 spiro atoms. The van der Waals surface area contributed by atoms with Gasteiger partial charge in [-0.1, -0.05) is 39.8 Å². The smallest absolute Gasteiger partial charge is 0.124 e. The molecule has 2 heterocycles. The molecule has 2 aliphatic heterocycles. The van der Waals surface area contributed by atoms with Gasteiger partial charge in [0.1, 0.15) is 18.5 Å². The van der Waals surface area contributed by atoms with Gasteiger partial charge in [-0.25, -0.2) is 0 Å². The highest BCUT2D eigenvalue weighted by Gasteiger charge is 2.37. The third kappa shape index (κ3) is 3.02. The van der Waals surface area contributed by atoms with E-state index in [-0.39, 0.29) is 6.04 Å². The third-order valence-electron chi connectivity index (χ3n) is 5.08. The molecule has 3 nitrogen and oxygen atoms in total. The maximum atomic E-state index is 10.6. The lowest BCUT2D eigenvalue weighted by Gasteiger charge is -2.44. The number of likely N-dealkylation sites (tertiary alicyclic amines) is 1. The molecule has 0 aliphatic carbocycles. The molecule has 0 saturated carbocycles. The number of hydrogen-bond donors (Lipinski definition) is 1. The van der Waals surface area contributed by atoms with E-state index in [0.717, 1.165) is 18.8 Å². The van der Waals surface area contributed by atoms with E-state index in [1.165, 1.54) is 17.5 Å². The largest absolute Gasteiger partial charge is 0.490 e. The van der Waals surface area contributed by atoms with Crippen LogP contribution in [0.2, 0.25) is 0 Å². The maximum Gasteiger partial charge on any atom is 0.124 e. The van der Waals surface area contributed by atoms with Crippen LogP contribution in [0, 0.1) is 11.8 Å². The van der Waals surface area contributed by atoms with Crippen molar-refractivity contribution in [2.24, 2.45) is 11.8 Å². The zero-order valence-electron chi connectivity index (χ0n) is 14.2. The van der Waals surface area contributed by atoms with Crippen molar-refractivity contribution in [1.82, 2.24) is 4.90 Å². The maximum absolute atomic E-state index is 10.6. The number of aliphatic hydroxyl groups is 1. The van der Waals surface area contributed by atoms with Crippen molar-refractivity contribution in [2.45, 2.75) is 52.2 Å². The fourth-order valence-corrected chi connectivity index (χ4v) is 4.14. The summed E-state index contributed by atoms with van der Waals surface area (Å²) in [6, 6.07) is 6.56. The van der Waals surface area contributed by atoms with E-state index in [1.54, 1.807) is 0 Å². The summed E-state index contributed by atoms with van der Waals surface area (Å²) < 4.78 is 5.77. The monoisotopic (exact) mass is 303 g/mol. The standard InChI is InChI=1S/C19H29NO2/c1-12(2)15-5-6-18-16(8-15)19(17(21)11-22-18)20-9-13(3)7-14(4)10-20/h5-6,8,12-14,17,19,21H,7,9-11H2,1-4H3.